The van der Waals surface area contributed by atoms with Crippen LogP contribution in [0.4, 0.5) is 5.82 Å². The monoisotopic (exact) mass is 536 g/mol. The Morgan fingerprint density at radius 1 is 1.08 bits per heavy atom. The van der Waals surface area contributed by atoms with Crippen LogP contribution in [0, 0.1) is 6.92 Å². The molecule has 3 aliphatic heterocycles. The summed E-state index contributed by atoms with van der Waals surface area (Å²) in [6, 6.07) is 0.508. The Morgan fingerprint density at radius 3 is 2.41 bits per heavy atom. The molecule has 3 fully saturated rings. The average molecular weight is 537 g/mol. The lowest BCUT2D eigenvalue weighted by atomic mass is 9.97. The van der Waals surface area contributed by atoms with Crippen LogP contribution in [0.2, 0.25) is 0 Å². The number of nitrogens with zero attached hydrogens (tertiary/aromatic N) is 5. The zero-order valence-corrected chi connectivity index (χ0v) is 23.7. The molecule has 4 rings (SSSR count). The second kappa shape index (κ2) is 12.4. The van der Waals surface area contributed by atoms with Gasteiger partial charge < -0.3 is 19.9 Å². The van der Waals surface area contributed by atoms with Crippen LogP contribution in [-0.4, -0.2) is 109 Å². The molecule has 1 amide bonds. The molecule has 0 bridgehead atoms. The summed E-state index contributed by atoms with van der Waals surface area (Å²) in [6.07, 6.45) is 11.2. The molecular weight excluding hydrogens is 492 g/mol. The third kappa shape index (κ3) is 6.99. The van der Waals surface area contributed by atoms with Crippen molar-refractivity contribution in [1.82, 2.24) is 24.1 Å². The van der Waals surface area contributed by atoms with Gasteiger partial charge in [-0.2, -0.15) is 0 Å². The van der Waals surface area contributed by atoms with E-state index in [0.29, 0.717) is 43.3 Å². The average Bonchev–Trinajstić information content (AvgIpc) is 2.91. The topological polar surface area (TPSA) is 108 Å². The zero-order valence-electron chi connectivity index (χ0n) is 22.9. The van der Waals surface area contributed by atoms with E-state index >= 15 is 0 Å². The van der Waals surface area contributed by atoms with Gasteiger partial charge in [0.05, 0.1) is 18.5 Å². The van der Waals surface area contributed by atoms with Gasteiger partial charge in [0.15, 0.2) is 0 Å². The Labute approximate surface area is 222 Å². The van der Waals surface area contributed by atoms with Gasteiger partial charge in [-0.05, 0) is 71.4 Å². The van der Waals surface area contributed by atoms with E-state index in [2.05, 4.69) is 27.1 Å². The Kier molecular flexibility index (Phi) is 9.42. The molecule has 0 aliphatic carbocycles. The lowest BCUT2D eigenvalue weighted by Crippen LogP contribution is -2.52. The molecule has 0 aromatic carbocycles. The molecule has 2 atom stereocenters. The van der Waals surface area contributed by atoms with Crippen molar-refractivity contribution >= 4 is 21.7 Å². The van der Waals surface area contributed by atoms with Crippen LogP contribution in [0.3, 0.4) is 0 Å². The van der Waals surface area contributed by atoms with E-state index < -0.39 is 10.0 Å². The number of ether oxygens (including phenoxy) is 1. The number of rotatable bonds is 8. The Morgan fingerprint density at radius 2 is 1.76 bits per heavy atom. The van der Waals surface area contributed by atoms with E-state index in [1.54, 1.807) is 7.05 Å². The van der Waals surface area contributed by atoms with Crippen molar-refractivity contribution in [1.29, 1.82) is 0 Å². The molecule has 1 N–H and O–H groups in total. The van der Waals surface area contributed by atoms with Gasteiger partial charge in [-0.25, -0.2) is 22.7 Å². The molecule has 3 aliphatic rings. The number of anilines is 1. The fourth-order valence-electron chi connectivity index (χ4n) is 5.96. The summed E-state index contributed by atoms with van der Waals surface area (Å²) in [4.78, 5) is 26.5. The summed E-state index contributed by atoms with van der Waals surface area (Å²) in [5.41, 5.74) is 1.26. The molecule has 0 spiro atoms. The van der Waals surface area contributed by atoms with Crippen LogP contribution in [0.1, 0.15) is 74.3 Å². The standard InChI is InChI=1S/C26H44N6O4S/c1-5-22-7-6-8-23(36-22)17-27-25-19(2)24(28-18-29-25)26(33)32-15-11-21(12-16-32)31-13-9-20(10-14-31)30(3)37(4,34)35/h18,20-23H,5-17H2,1-4H3,(H,27,28,29)/t22-,23-/m1/s1. The van der Waals surface area contributed by atoms with Gasteiger partial charge in [-0.1, -0.05) is 6.92 Å². The van der Waals surface area contributed by atoms with Crippen LogP contribution >= 0.6 is 0 Å². The number of piperidine rings is 2. The maximum Gasteiger partial charge on any atom is 0.272 e. The van der Waals surface area contributed by atoms with Crippen molar-refractivity contribution in [2.45, 2.75) is 89.5 Å². The number of sulfonamides is 1. The minimum atomic E-state index is -3.16. The molecular formula is C26H44N6O4S. The van der Waals surface area contributed by atoms with Gasteiger partial charge in [0, 0.05) is 44.3 Å². The maximum atomic E-state index is 13.4. The number of carbonyl (C=O) groups excluding carboxylic acids is 1. The van der Waals surface area contributed by atoms with E-state index in [9.17, 15) is 13.2 Å². The SMILES string of the molecule is CC[C@@H]1CCC[C@H](CNc2ncnc(C(=O)N3CCC(N4CCC(N(C)S(C)(=O)=O)CC4)CC3)c2C)O1. The van der Waals surface area contributed by atoms with Crippen LogP contribution in [0.15, 0.2) is 6.33 Å². The number of hydrogen-bond donors (Lipinski definition) is 1. The number of amides is 1. The number of hydrogen-bond acceptors (Lipinski definition) is 8. The summed E-state index contributed by atoms with van der Waals surface area (Å²) in [6.45, 7) is 7.96. The highest BCUT2D eigenvalue weighted by molar-refractivity contribution is 7.88. The van der Waals surface area contributed by atoms with E-state index in [1.807, 2.05) is 11.8 Å². The minimum Gasteiger partial charge on any atom is -0.373 e. The minimum absolute atomic E-state index is 0.0325. The van der Waals surface area contributed by atoms with Gasteiger partial charge in [-0.15, -0.1) is 0 Å². The normalized spacial score (nSPS) is 24.9. The number of aromatic nitrogens is 2. The molecule has 4 heterocycles. The van der Waals surface area contributed by atoms with Crippen molar-refractivity contribution in [3.8, 4) is 0 Å². The molecule has 0 radical (unpaired) electrons. The first-order valence-electron chi connectivity index (χ1n) is 13.8. The van der Waals surface area contributed by atoms with Crippen molar-refractivity contribution in [2.24, 2.45) is 0 Å². The predicted molar refractivity (Wildman–Crippen MR) is 144 cm³/mol. The van der Waals surface area contributed by atoms with Crippen molar-refractivity contribution < 1.29 is 17.9 Å². The lowest BCUT2D eigenvalue weighted by Gasteiger charge is -2.43. The summed E-state index contributed by atoms with van der Waals surface area (Å²) in [7, 11) is -1.48. The third-order valence-electron chi connectivity index (χ3n) is 8.48. The quantitative estimate of drug-likeness (QED) is 0.540. The summed E-state index contributed by atoms with van der Waals surface area (Å²) in [5, 5.41) is 3.40. The second-order valence-corrected chi connectivity index (χ2v) is 12.9. The van der Waals surface area contributed by atoms with Gasteiger partial charge in [-0.3, -0.25) is 4.79 Å². The number of nitrogens with one attached hydrogen (secondary N) is 1. The van der Waals surface area contributed by atoms with E-state index in [-0.39, 0.29) is 18.1 Å². The maximum absolute atomic E-state index is 13.4. The highest BCUT2D eigenvalue weighted by Gasteiger charge is 2.33. The first-order valence-corrected chi connectivity index (χ1v) is 15.7. The smallest absolute Gasteiger partial charge is 0.272 e. The van der Waals surface area contributed by atoms with E-state index in [0.717, 1.165) is 63.6 Å². The van der Waals surface area contributed by atoms with Gasteiger partial charge >= 0.3 is 0 Å². The highest BCUT2D eigenvalue weighted by atomic mass is 32.2. The van der Waals surface area contributed by atoms with E-state index in [1.165, 1.54) is 23.3 Å². The van der Waals surface area contributed by atoms with Crippen molar-refractivity contribution in [2.75, 3.05) is 51.3 Å². The lowest BCUT2D eigenvalue weighted by molar-refractivity contribution is -0.0435. The third-order valence-corrected chi connectivity index (χ3v) is 9.83. The van der Waals surface area contributed by atoms with Gasteiger partial charge in [0.2, 0.25) is 10.0 Å². The molecule has 0 saturated carbocycles. The van der Waals surface area contributed by atoms with Crippen LogP contribution in [0.5, 0.6) is 0 Å². The Bertz CT molecular complexity index is 1020. The molecule has 3 saturated heterocycles. The van der Waals surface area contributed by atoms with Gasteiger partial charge in [0.1, 0.15) is 17.8 Å². The van der Waals surface area contributed by atoms with E-state index in [4.69, 9.17) is 4.74 Å². The molecule has 0 unspecified atom stereocenters. The molecule has 11 heteroatoms. The van der Waals surface area contributed by atoms with Gasteiger partial charge in [0.25, 0.3) is 5.91 Å². The molecule has 1 aromatic heterocycles. The molecule has 37 heavy (non-hydrogen) atoms. The summed E-state index contributed by atoms with van der Waals surface area (Å²) in [5.74, 6) is 0.673. The highest BCUT2D eigenvalue weighted by Crippen LogP contribution is 2.26. The fraction of sp³-hybridized carbons (Fsp3) is 0.808. The first kappa shape index (κ1) is 28.2. The number of likely N-dealkylation sites (tertiary alicyclic amines) is 2. The van der Waals surface area contributed by atoms with Crippen molar-refractivity contribution in [3.63, 3.8) is 0 Å². The van der Waals surface area contributed by atoms with Crippen molar-refractivity contribution in [3.05, 3.63) is 17.6 Å². The Balaban J connectivity index is 1.27. The fourth-order valence-corrected chi connectivity index (χ4v) is 6.71. The van der Waals surface area contributed by atoms with Crippen LogP contribution in [-0.2, 0) is 14.8 Å². The summed E-state index contributed by atoms with van der Waals surface area (Å²) < 4.78 is 31.4. The second-order valence-electron chi connectivity index (χ2n) is 10.9. The zero-order chi connectivity index (χ0) is 26.6. The molecule has 208 valence electrons. The predicted octanol–water partition coefficient (Wildman–Crippen LogP) is 2.51. The largest absolute Gasteiger partial charge is 0.373 e. The van der Waals surface area contributed by atoms with Crippen LogP contribution in [0.25, 0.3) is 0 Å². The van der Waals surface area contributed by atoms with Crippen LogP contribution < -0.4 is 5.32 Å². The molecule has 1 aromatic rings. The molecule has 10 nitrogen and oxygen atoms in total. The summed E-state index contributed by atoms with van der Waals surface area (Å²) >= 11 is 0. The first-order chi connectivity index (χ1) is 17.7. The Hall–Kier alpha value is -1.82. The number of carbonyl (C=O) groups is 1.